The lowest BCUT2D eigenvalue weighted by molar-refractivity contribution is -0.159. The van der Waals surface area contributed by atoms with Gasteiger partial charge in [-0.3, -0.25) is 0 Å². The summed E-state index contributed by atoms with van der Waals surface area (Å²) in [5.41, 5.74) is 4.15. The molecule has 0 amide bonds. The average molecular weight is 391 g/mol. The third-order valence-corrected chi connectivity index (χ3v) is 2.76. The fraction of sp³-hybridized carbons (Fsp3) is 0.222. The minimum atomic E-state index is -4.54. The van der Waals surface area contributed by atoms with E-state index >= 15 is 0 Å². The molecule has 0 bridgehead atoms. The molecule has 146 valence electrons. The van der Waals surface area contributed by atoms with Gasteiger partial charge in [0.25, 0.3) is 0 Å². The number of carboxylic acids is 2. The normalized spacial score (nSPS) is 16.0. The minimum Gasteiger partial charge on any atom is -0.486 e. The Hall–Kier alpha value is -3.07. The molecule has 27 heavy (non-hydrogen) atoms. The number of rotatable bonds is 5. The maximum absolute atomic E-state index is 12.7. The molecule has 0 fully saturated rings. The Morgan fingerprint density at radius 3 is 2.04 bits per heavy atom. The Balaban J connectivity index is 0.000000801. The van der Waals surface area contributed by atoms with Crippen molar-refractivity contribution in [3.63, 3.8) is 0 Å². The molecule has 0 aliphatic rings. The van der Waals surface area contributed by atoms with Crippen molar-refractivity contribution in [2.24, 2.45) is 5.73 Å². The SMILES string of the molecule is O=C(O)C(=O)O.[2H]c1c([2H])c([2H])c(C([2H])(CCN)Oc2ccc(C(F)(F)F)cc2)c([2H])c1[2H]. The predicted molar refractivity (Wildman–Crippen MR) is 90.2 cm³/mol. The molecule has 6 nitrogen and oxygen atoms in total. The van der Waals surface area contributed by atoms with Gasteiger partial charge in [-0.1, -0.05) is 30.2 Å². The van der Waals surface area contributed by atoms with Crippen LogP contribution in [0.1, 0.15) is 31.9 Å². The quantitative estimate of drug-likeness (QED) is 0.675. The van der Waals surface area contributed by atoms with Crippen molar-refractivity contribution in [1.82, 2.24) is 0 Å². The highest BCUT2D eigenvalue weighted by atomic mass is 19.4. The van der Waals surface area contributed by atoms with E-state index in [0.717, 1.165) is 24.3 Å². The zero-order valence-electron chi connectivity index (χ0n) is 19.6. The van der Waals surface area contributed by atoms with E-state index in [9.17, 15) is 13.2 Å². The lowest BCUT2D eigenvalue weighted by atomic mass is 10.1. The van der Waals surface area contributed by atoms with Gasteiger partial charge < -0.3 is 20.7 Å². The highest BCUT2D eigenvalue weighted by Gasteiger charge is 2.30. The molecule has 0 aromatic heterocycles. The maximum Gasteiger partial charge on any atom is 0.416 e. The molecule has 2 aromatic rings. The number of aliphatic carboxylic acids is 2. The van der Waals surface area contributed by atoms with E-state index in [1.54, 1.807) is 0 Å². The summed E-state index contributed by atoms with van der Waals surface area (Å²) in [6.45, 7) is -0.119. The number of alkyl halides is 3. The Morgan fingerprint density at radius 1 is 1.11 bits per heavy atom. The van der Waals surface area contributed by atoms with Gasteiger partial charge in [0.15, 0.2) is 0 Å². The summed E-state index contributed by atoms with van der Waals surface area (Å²) in [5, 5.41) is 14.8. The number of carboxylic acid groups (broad SMARTS) is 2. The largest absolute Gasteiger partial charge is 0.486 e. The predicted octanol–water partition coefficient (Wildman–Crippen LogP) is 3.33. The third kappa shape index (κ3) is 7.78. The summed E-state index contributed by atoms with van der Waals surface area (Å²) in [6, 6.07) is 0.355. The van der Waals surface area contributed by atoms with Crippen molar-refractivity contribution >= 4 is 11.9 Å². The van der Waals surface area contributed by atoms with Gasteiger partial charge in [0, 0.05) is 6.42 Å². The number of ether oxygens (including phenoxy) is 1. The Morgan fingerprint density at radius 2 is 1.63 bits per heavy atom. The highest BCUT2D eigenvalue weighted by Crippen LogP contribution is 2.31. The molecule has 2 rings (SSSR count). The van der Waals surface area contributed by atoms with Gasteiger partial charge in [-0.2, -0.15) is 13.2 Å². The topological polar surface area (TPSA) is 110 Å². The van der Waals surface area contributed by atoms with E-state index in [-0.39, 0.29) is 18.7 Å². The number of hydrogen-bond acceptors (Lipinski definition) is 4. The molecule has 4 N–H and O–H groups in total. The van der Waals surface area contributed by atoms with Crippen molar-refractivity contribution < 1.29 is 45.9 Å². The van der Waals surface area contributed by atoms with E-state index in [0.29, 0.717) is 0 Å². The molecule has 2 aromatic carbocycles. The minimum absolute atomic E-state index is 0.119. The standard InChI is InChI=1S/C16H16F3NO.C2H2O4/c17-16(18,19)13-6-8-14(9-7-13)21-15(10-11-20)12-4-2-1-3-5-12;3-1(4)2(5)6/h1-9,15H,10-11,20H2;(H,3,4)(H,5,6)/i1D,2D,3D,4D,5D,15D;. The molecule has 0 spiro atoms. The van der Waals surface area contributed by atoms with Crippen LogP contribution in [0.15, 0.2) is 54.5 Å². The van der Waals surface area contributed by atoms with Crippen LogP contribution in [-0.4, -0.2) is 28.7 Å². The first-order valence-corrected chi connectivity index (χ1v) is 7.16. The van der Waals surface area contributed by atoms with Crippen molar-refractivity contribution in [1.29, 1.82) is 0 Å². The van der Waals surface area contributed by atoms with Crippen LogP contribution in [0, 0.1) is 0 Å². The lowest BCUT2D eigenvalue weighted by Gasteiger charge is -2.19. The Bertz CT molecular complexity index is 995. The summed E-state index contributed by atoms with van der Waals surface area (Å²) >= 11 is 0. The summed E-state index contributed by atoms with van der Waals surface area (Å²) in [4.78, 5) is 18.2. The van der Waals surface area contributed by atoms with Gasteiger partial charge in [-0.05, 0) is 36.4 Å². The highest BCUT2D eigenvalue weighted by molar-refractivity contribution is 6.27. The first kappa shape index (κ1) is 14.0. The van der Waals surface area contributed by atoms with E-state index in [2.05, 4.69) is 0 Å². The molecule has 0 aliphatic carbocycles. The molecule has 0 heterocycles. The van der Waals surface area contributed by atoms with Crippen LogP contribution in [0.5, 0.6) is 5.75 Å². The lowest BCUT2D eigenvalue weighted by Crippen LogP contribution is -2.13. The summed E-state index contributed by atoms with van der Waals surface area (Å²) in [6.07, 6.45) is -6.97. The number of carbonyl (C=O) groups is 2. The van der Waals surface area contributed by atoms with Gasteiger partial charge in [-0.25, -0.2) is 9.59 Å². The number of hydrogen-bond donors (Lipinski definition) is 3. The average Bonchev–Trinajstić information content (AvgIpc) is 2.71. The van der Waals surface area contributed by atoms with Crippen LogP contribution in [-0.2, 0) is 15.8 Å². The van der Waals surface area contributed by atoms with Gasteiger partial charge in [0.1, 0.15) is 11.8 Å². The monoisotopic (exact) mass is 391 g/mol. The second kappa shape index (κ2) is 10.2. The Kier molecular flexibility index (Phi) is 5.29. The van der Waals surface area contributed by atoms with Gasteiger partial charge >= 0.3 is 18.1 Å². The molecular weight excluding hydrogens is 367 g/mol. The van der Waals surface area contributed by atoms with E-state index in [1.807, 2.05) is 0 Å². The molecule has 1 unspecified atom stereocenters. The number of nitrogens with two attached hydrogens (primary N) is 1. The molecule has 0 saturated heterocycles. The Labute approximate surface area is 161 Å². The smallest absolute Gasteiger partial charge is 0.416 e. The van der Waals surface area contributed by atoms with Crippen molar-refractivity contribution in [2.75, 3.05) is 6.54 Å². The van der Waals surface area contributed by atoms with E-state index < -0.39 is 65.5 Å². The second-order valence-electron chi connectivity index (χ2n) is 4.70. The zero-order chi connectivity index (χ0) is 25.7. The first-order valence-electron chi connectivity index (χ1n) is 10.2. The molecule has 1 atom stereocenters. The van der Waals surface area contributed by atoms with Crippen LogP contribution in [0.25, 0.3) is 0 Å². The zero-order valence-corrected chi connectivity index (χ0v) is 13.6. The van der Waals surface area contributed by atoms with Crippen molar-refractivity contribution in [2.45, 2.75) is 18.7 Å². The summed E-state index contributed by atoms with van der Waals surface area (Å²) < 4.78 is 91.0. The van der Waals surface area contributed by atoms with E-state index in [4.69, 9.17) is 38.5 Å². The first-order chi connectivity index (χ1) is 15.1. The molecule has 0 saturated carbocycles. The molecular formula is C18H18F3NO5. The second-order valence-corrected chi connectivity index (χ2v) is 4.70. The molecule has 0 radical (unpaired) electrons. The third-order valence-electron chi connectivity index (χ3n) is 2.76. The van der Waals surface area contributed by atoms with Gasteiger partial charge in [0.2, 0.25) is 0 Å². The summed E-state index contributed by atoms with van der Waals surface area (Å²) in [5.74, 6) is -3.77. The van der Waals surface area contributed by atoms with Crippen molar-refractivity contribution in [3.8, 4) is 5.75 Å². The molecule has 9 heteroatoms. The van der Waals surface area contributed by atoms with Crippen LogP contribution in [0.4, 0.5) is 13.2 Å². The van der Waals surface area contributed by atoms with Crippen LogP contribution >= 0.6 is 0 Å². The summed E-state index contributed by atoms with van der Waals surface area (Å²) in [7, 11) is 0. The fourth-order valence-electron chi connectivity index (χ4n) is 1.60. The fourth-order valence-corrected chi connectivity index (χ4v) is 1.60. The number of halogens is 3. The molecule has 0 aliphatic heterocycles. The maximum atomic E-state index is 12.7. The van der Waals surface area contributed by atoms with Gasteiger partial charge in [-0.15, -0.1) is 0 Å². The van der Waals surface area contributed by atoms with Crippen LogP contribution < -0.4 is 10.5 Å². The van der Waals surface area contributed by atoms with E-state index in [1.165, 1.54) is 0 Å². The van der Waals surface area contributed by atoms with Gasteiger partial charge in [0.05, 0.1) is 13.8 Å². The number of benzene rings is 2. The van der Waals surface area contributed by atoms with Crippen molar-refractivity contribution in [3.05, 3.63) is 65.6 Å². The van der Waals surface area contributed by atoms with Crippen LogP contribution in [0.3, 0.4) is 0 Å². The van der Waals surface area contributed by atoms with Crippen LogP contribution in [0.2, 0.25) is 0 Å².